The first-order valence-corrected chi connectivity index (χ1v) is 13.0. The Balaban J connectivity index is 1.20. The topological polar surface area (TPSA) is 74.1 Å². The summed E-state index contributed by atoms with van der Waals surface area (Å²) < 4.78 is 7.76. The van der Waals surface area contributed by atoms with Crippen LogP contribution in [0.25, 0.3) is 0 Å². The van der Waals surface area contributed by atoms with Crippen molar-refractivity contribution < 1.29 is 14.6 Å². The highest BCUT2D eigenvalue weighted by Gasteiger charge is 2.55. The lowest BCUT2D eigenvalue weighted by Gasteiger charge is -2.58. The molecule has 1 N–H and O–H groups in total. The molecule has 4 fully saturated rings. The number of carbonyl (C=O) groups is 1. The summed E-state index contributed by atoms with van der Waals surface area (Å²) >= 11 is 0. The molecule has 34 heavy (non-hydrogen) atoms. The monoisotopic (exact) mass is 473 g/mol. The van der Waals surface area contributed by atoms with Gasteiger partial charge in [0.15, 0.2) is 5.82 Å². The van der Waals surface area contributed by atoms with E-state index in [0.29, 0.717) is 6.04 Å². The van der Waals surface area contributed by atoms with Gasteiger partial charge in [0.25, 0.3) is 0 Å². The molecule has 8 heteroatoms. The van der Waals surface area contributed by atoms with E-state index in [1.54, 1.807) is 0 Å². The van der Waals surface area contributed by atoms with Gasteiger partial charge in [-0.15, -0.1) is 0 Å². The smallest absolute Gasteiger partial charge is 0.410 e. The van der Waals surface area contributed by atoms with Crippen molar-refractivity contribution in [2.75, 3.05) is 44.2 Å². The second kappa shape index (κ2) is 7.85. The minimum Gasteiger partial charge on any atom is -0.444 e. The number of carbonyl (C=O) groups excluding carboxylic acids is 1. The van der Waals surface area contributed by atoms with Gasteiger partial charge in [-0.05, 0) is 73.6 Å². The summed E-state index contributed by atoms with van der Waals surface area (Å²) in [5.74, 6) is 1.12. The number of ether oxygens (including phenoxy) is 1. The van der Waals surface area contributed by atoms with Crippen molar-refractivity contribution in [3.63, 3.8) is 0 Å². The average molecular weight is 474 g/mol. The molecule has 5 rings (SSSR count). The molecule has 8 nitrogen and oxygen atoms in total. The number of likely N-dealkylation sites (tertiary alicyclic amines) is 1. The maximum absolute atomic E-state index is 12.3. The zero-order valence-corrected chi connectivity index (χ0v) is 21.9. The maximum Gasteiger partial charge on any atom is 0.410 e. The van der Waals surface area contributed by atoms with Crippen molar-refractivity contribution in [3.05, 3.63) is 11.8 Å². The van der Waals surface area contributed by atoms with E-state index in [2.05, 4.69) is 27.5 Å². The highest BCUT2D eigenvalue weighted by molar-refractivity contribution is 5.69. The van der Waals surface area contributed by atoms with E-state index in [-0.39, 0.29) is 17.0 Å². The van der Waals surface area contributed by atoms with E-state index in [9.17, 15) is 9.90 Å². The van der Waals surface area contributed by atoms with Gasteiger partial charge < -0.3 is 19.6 Å². The van der Waals surface area contributed by atoms with Gasteiger partial charge in [-0.25, -0.2) is 4.79 Å². The summed E-state index contributed by atoms with van der Waals surface area (Å²) in [6, 6.07) is 2.69. The number of piperazine rings is 1. The van der Waals surface area contributed by atoms with Gasteiger partial charge in [-0.1, -0.05) is 0 Å². The molecule has 1 aromatic heterocycles. The van der Waals surface area contributed by atoms with Gasteiger partial charge in [-0.2, -0.15) is 5.10 Å². The molecular formula is C26H43N5O3. The normalized spacial score (nSPS) is 24.7. The fourth-order valence-electron chi connectivity index (χ4n) is 6.67. The third-order valence-corrected chi connectivity index (χ3v) is 8.20. The SMILES string of the molecule is Cc1cc(N2CCN(CC(C)(C)O)CC23CCC3)nn1C1CC2(C1)CN(C(=O)OC(C)(C)C)C2. The molecule has 0 unspecified atom stereocenters. The van der Waals surface area contributed by atoms with Gasteiger partial charge in [0.2, 0.25) is 0 Å². The third kappa shape index (κ3) is 4.43. The summed E-state index contributed by atoms with van der Waals surface area (Å²) in [6.07, 6.45) is 5.65. The van der Waals surface area contributed by atoms with E-state index < -0.39 is 11.2 Å². The first kappa shape index (κ1) is 23.9. The molecule has 0 radical (unpaired) electrons. The maximum atomic E-state index is 12.3. The van der Waals surface area contributed by atoms with E-state index >= 15 is 0 Å². The van der Waals surface area contributed by atoms with E-state index in [0.717, 1.165) is 57.9 Å². The Morgan fingerprint density at radius 3 is 2.38 bits per heavy atom. The van der Waals surface area contributed by atoms with Crippen LogP contribution < -0.4 is 4.90 Å². The Morgan fingerprint density at radius 1 is 1.15 bits per heavy atom. The molecule has 190 valence electrons. The van der Waals surface area contributed by atoms with Gasteiger partial charge in [-0.3, -0.25) is 9.58 Å². The predicted octanol–water partition coefficient (Wildman–Crippen LogP) is 3.58. The lowest BCUT2D eigenvalue weighted by molar-refractivity contribution is -0.0931. The fourth-order valence-corrected chi connectivity index (χ4v) is 6.67. The van der Waals surface area contributed by atoms with E-state index in [4.69, 9.17) is 9.84 Å². The van der Waals surface area contributed by atoms with Gasteiger partial charge in [0.05, 0.1) is 17.2 Å². The van der Waals surface area contributed by atoms with Crippen molar-refractivity contribution >= 4 is 11.9 Å². The van der Waals surface area contributed by atoms with Crippen LogP contribution in [-0.4, -0.2) is 86.8 Å². The molecule has 2 aliphatic heterocycles. The fraction of sp³-hybridized carbons (Fsp3) is 0.846. The third-order valence-electron chi connectivity index (χ3n) is 8.20. The van der Waals surface area contributed by atoms with Crippen LogP contribution in [-0.2, 0) is 4.74 Å². The molecule has 0 bridgehead atoms. The van der Waals surface area contributed by atoms with Crippen LogP contribution >= 0.6 is 0 Å². The van der Waals surface area contributed by atoms with Crippen molar-refractivity contribution in [1.82, 2.24) is 19.6 Å². The Morgan fingerprint density at radius 2 is 1.82 bits per heavy atom. The zero-order chi connectivity index (χ0) is 24.5. The van der Waals surface area contributed by atoms with Crippen molar-refractivity contribution in [2.24, 2.45) is 5.41 Å². The second-order valence-corrected chi connectivity index (χ2v) is 13.2. The highest BCUT2D eigenvalue weighted by Crippen LogP contribution is 2.54. The molecule has 3 heterocycles. The first-order valence-electron chi connectivity index (χ1n) is 13.0. The molecule has 4 aliphatic rings. The largest absolute Gasteiger partial charge is 0.444 e. The van der Waals surface area contributed by atoms with Crippen molar-refractivity contribution in [3.8, 4) is 0 Å². The van der Waals surface area contributed by atoms with Gasteiger partial charge in [0.1, 0.15) is 5.60 Å². The Hall–Kier alpha value is -1.80. The Kier molecular flexibility index (Phi) is 5.52. The number of nitrogens with zero attached hydrogens (tertiary/aromatic N) is 5. The highest BCUT2D eigenvalue weighted by atomic mass is 16.6. The molecule has 0 atom stereocenters. The van der Waals surface area contributed by atoms with Crippen LogP contribution in [0.1, 0.15) is 78.5 Å². The summed E-state index contributed by atoms with van der Waals surface area (Å²) in [6.45, 7) is 17.0. The predicted molar refractivity (Wildman–Crippen MR) is 132 cm³/mol. The van der Waals surface area contributed by atoms with Crippen molar-refractivity contribution in [2.45, 2.75) is 96.4 Å². The van der Waals surface area contributed by atoms with E-state index in [1.807, 2.05) is 39.5 Å². The zero-order valence-electron chi connectivity index (χ0n) is 21.9. The van der Waals surface area contributed by atoms with Crippen LogP contribution in [0.3, 0.4) is 0 Å². The minimum absolute atomic E-state index is 0.165. The average Bonchev–Trinajstić information content (AvgIpc) is 2.96. The van der Waals surface area contributed by atoms with Gasteiger partial charge in [0, 0.05) is 56.4 Å². The molecule has 1 amide bonds. The lowest BCUT2D eigenvalue weighted by atomic mass is 9.61. The molecule has 2 saturated heterocycles. The molecule has 1 aromatic rings. The lowest BCUT2D eigenvalue weighted by Crippen LogP contribution is -2.67. The second-order valence-electron chi connectivity index (χ2n) is 13.2. The number of β-amino-alcohol motifs (C(OH)–C–C–N with tert-alkyl or cyclic N) is 1. The number of aliphatic hydroxyl groups is 1. The van der Waals surface area contributed by atoms with Crippen LogP contribution in [0.5, 0.6) is 0 Å². The first-order chi connectivity index (χ1) is 15.8. The quantitative estimate of drug-likeness (QED) is 0.721. The Bertz CT molecular complexity index is 925. The number of aromatic nitrogens is 2. The van der Waals surface area contributed by atoms with Gasteiger partial charge >= 0.3 is 6.09 Å². The number of aryl methyl sites for hydroxylation is 1. The standard InChI is InChI=1S/C26H43N5O3/c1-19-12-21(30-11-10-28(15-24(5,6)33)18-26(30)8-7-9-26)27-31(19)20-13-25(14-20)16-29(17-25)22(32)34-23(2,3)4/h12,20,33H,7-11,13-18H2,1-6H3. The molecule has 2 aliphatic carbocycles. The molecule has 0 aromatic carbocycles. The number of hydrogen-bond donors (Lipinski definition) is 1. The molecule has 2 spiro atoms. The molecular weight excluding hydrogens is 430 g/mol. The number of amides is 1. The van der Waals surface area contributed by atoms with E-state index in [1.165, 1.54) is 25.0 Å². The van der Waals surface area contributed by atoms with Crippen LogP contribution in [0.2, 0.25) is 0 Å². The van der Waals surface area contributed by atoms with Crippen LogP contribution in [0.4, 0.5) is 10.6 Å². The van der Waals surface area contributed by atoms with Crippen LogP contribution in [0, 0.1) is 12.3 Å². The Labute approximate surface area is 204 Å². The number of hydrogen-bond acceptors (Lipinski definition) is 6. The summed E-state index contributed by atoms with van der Waals surface area (Å²) in [5.41, 5.74) is 0.538. The molecule has 2 saturated carbocycles. The van der Waals surface area contributed by atoms with Crippen molar-refractivity contribution in [1.29, 1.82) is 0 Å². The summed E-state index contributed by atoms with van der Waals surface area (Å²) in [5, 5.41) is 15.4. The summed E-state index contributed by atoms with van der Waals surface area (Å²) in [7, 11) is 0. The number of rotatable bonds is 4. The number of anilines is 1. The minimum atomic E-state index is -0.661. The summed E-state index contributed by atoms with van der Waals surface area (Å²) in [4.78, 5) is 19.1. The van der Waals surface area contributed by atoms with Crippen LogP contribution in [0.15, 0.2) is 6.07 Å².